The third-order valence-electron chi connectivity index (χ3n) is 4.95. The third kappa shape index (κ3) is 13.7. The molecule has 0 saturated carbocycles. The summed E-state index contributed by atoms with van der Waals surface area (Å²) in [5, 5.41) is 0. The molecule has 138 valence electrons. The second kappa shape index (κ2) is 15.2. The van der Waals surface area contributed by atoms with E-state index in [1.165, 1.54) is 77.0 Å². The molecule has 0 aromatic heterocycles. The molecule has 0 unspecified atom stereocenters. The van der Waals surface area contributed by atoms with Crippen LogP contribution in [0.5, 0.6) is 0 Å². The number of nitrogens with zero attached hydrogens (tertiary/aromatic N) is 1. The van der Waals surface area contributed by atoms with Crippen molar-refractivity contribution in [2.24, 2.45) is 0 Å². The molecule has 0 bridgehead atoms. The van der Waals surface area contributed by atoms with E-state index in [1.54, 1.807) is 0 Å². The van der Waals surface area contributed by atoms with Gasteiger partial charge in [-0.3, -0.25) is 4.48 Å². The van der Waals surface area contributed by atoms with Gasteiger partial charge >= 0.3 is 5.91 Å². The first-order valence-corrected chi connectivity index (χ1v) is 10.4. The number of quaternary nitrogens is 1. The van der Waals surface area contributed by atoms with Crippen molar-refractivity contribution >= 4 is 5.91 Å². The maximum Gasteiger partial charge on any atom is 0.313 e. The van der Waals surface area contributed by atoms with Gasteiger partial charge < -0.3 is 0 Å². The summed E-state index contributed by atoms with van der Waals surface area (Å²) in [6, 6.07) is 0. The summed E-state index contributed by atoms with van der Waals surface area (Å²) in [6.07, 6.45) is 19.6. The van der Waals surface area contributed by atoms with Gasteiger partial charge in [0.2, 0.25) is 0 Å². The summed E-state index contributed by atoms with van der Waals surface area (Å²) in [6.45, 7) is 5.40. The Bertz CT molecular complexity index is 273. The summed E-state index contributed by atoms with van der Waals surface area (Å²) in [4.78, 5) is 12.1. The smallest absolute Gasteiger partial charge is 0.265 e. The Balaban J connectivity index is 3.29. The van der Waals surface area contributed by atoms with Crippen molar-refractivity contribution in [2.45, 2.75) is 110 Å². The highest BCUT2D eigenvalue weighted by molar-refractivity contribution is 5.68. The predicted molar refractivity (Wildman–Crippen MR) is 103 cm³/mol. The summed E-state index contributed by atoms with van der Waals surface area (Å²) >= 11 is 0. The molecule has 2 heteroatoms. The van der Waals surface area contributed by atoms with Crippen LogP contribution in [0.1, 0.15) is 110 Å². The van der Waals surface area contributed by atoms with Gasteiger partial charge in [0.05, 0.1) is 27.1 Å². The molecule has 0 heterocycles. The monoisotopic (exact) mass is 326 g/mol. The molecule has 0 aromatic rings. The molecule has 1 amide bonds. The minimum absolute atomic E-state index is 0.412. The fraction of sp³-hybridized carbons (Fsp3) is 0.952. The van der Waals surface area contributed by atoms with E-state index in [4.69, 9.17) is 0 Å². The summed E-state index contributed by atoms with van der Waals surface area (Å²) in [7, 11) is 4.10. The predicted octanol–water partition coefficient (Wildman–Crippen LogP) is 6.48. The topological polar surface area (TPSA) is 17.1 Å². The van der Waals surface area contributed by atoms with Crippen molar-refractivity contribution in [1.29, 1.82) is 0 Å². The Morgan fingerprint density at radius 1 is 0.609 bits per heavy atom. The third-order valence-corrected chi connectivity index (χ3v) is 4.95. The van der Waals surface area contributed by atoms with Crippen LogP contribution < -0.4 is 0 Å². The number of carbonyl (C=O) groups excluding carboxylic acids is 1. The molecule has 0 radical (unpaired) electrons. The number of unbranched alkanes of at least 4 members (excludes halogenated alkanes) is 12. The standard InChI is InChI=1S/C21H44NO/c1-5-7-8-9-10-11-12-13-14-15-16-17-18-19-21(23)22(3,4)20-6-2/h5-20H2,1-4H3/q+1. The summed E-state index contributed by atoms with van der Waals surface area (Å²) < 4.78 is 0.564. The largest absolute Gasteiger partial charge is 0.313 e. The molecule has 0 spiro atoms. The Labute approximate surface area is 146 Å². The van der Waals surface area contributed by atoms with Gasteiger partial charge in [-0.2, -0.15) is 0 Å². The van der Waals surface area contributed by atoms with Crippen LogP contribution in [0.15, 0.2) is 0 Å². The lowest BCUT2D eigenvalue weighted by Crippen LogP contribution is -2.45. The first-order chi connectivity index (χ1) is 11.0. The Morgan fingerprint density at radius 3 is 1.39 bits per heavy atom. The van der Waals surface area contributed by atoms with E-state index in [9.17, 15) is 4.79 Å². The van der Waals surface area contributed by atoms with Gasteiger partial charge in [0.15, 0.2) is 0 Å². The molecule has 0 aliphatic carbocycles. The van der Waals surface area contributed by atoms with E-state index in [2.05, 4.69) is 13.8 Å². The second-order valence-corrected chi connectivity index (χ2v) is 7.79. The van der Waals surface area contributed by atoms with E-state index in [-0.39, 0.29) is 0 Å². The second-order valence-electron chi connectivity index (χ2n) is 7.79. The van der Waals surface area contributed by atoms with E-state index in [0.29, 0.717) is 10.4 Å². The maximum atomic E-state index is 12.1. The molecular weight excluding hydrogens is 282 g/mol. The van der Waals surface area contributed by atoms with Crippen molar-refractivity contribution in [3.63, 3.8) is 0 Å². The molecular formula is C21H44NO+. The number of hydrogen-bond donors (Lipinski definition) is 0. The quantitative estimate of drug-likeness (QED) is 0.234. The van der Waals surface area contributed by atoms with Crippen molar-refractivity contribution in [1.82, 2.24) is 0 Å². The molecule has 0 saturated heterocycles. The van der Waals surface area contributed by atoms with E-state index < -0.39 is 0 Å². The zero-order valence-electron chi connectivity index (χ0n) is 16.7. The normalized spacial score (nSPS) is 11.8. The van der Waals surface area contributed by atoms with Crippen LogP contribution in [-0.2, 0) is 4.79 Å². The van der Waals surface area contributed by atoms with Gasteiger partial charge in [0.25, 0.3) is 0 Å². The number of carbonyl (C=O) groups is 1. The van der Waals surface area contributed by atoms with Crippen molar-refractivity contribution < 1.29 is 9.28 Å². The fourth-order valence-electron chi connectivity index (χ4n) is 3.28. The average molecular weight is 327 g/mol. The van der Waals surface area contributed by atoms with Crippen LogP contribution in [0.2, 0.25) is 0 Å². The number of hydrogen-bond acceptors (Lipinski definition) is 1. The van der Waals surface area contributed by atoms with E-state index in [0.717, 1.165) is 25.8 Å². The van der Waals surface area contributed by atoms with Crippen molar-refractivity contribution in [3.05, 3.63) is 0 Å². The van der Waals surface area contributed by atoms with Gasteiger partial charge in [0, 0.05) is 0 Å². The highest BCUT2D eigenvalue weighted by atomic mass is 16.2. The lowest BCUT2D eigenvalue weighted by Gasteiger charge is -2.26. The zero-order valence-corrected chi connectivity index (χ0v) is 16.7. The minimum Gasteiger partial charge on any atom is -0.265 e. The maximum absolute atomic E-state index is 12.1. The zero-order chi connectivity index (χ0) is 17.4. The average Bonchev–Trinajstić information content (AvgIpc) is 2.51. The first kappa shape index (κ1) is 22.6. The molecule has 2 nitrogen and oxygen atoms in total. The van der Waals surface area contributed by atoms with E-state index >= 15 is 0 Å². The van der Waals surface area contributed by atoms with Crippen LogP contribution in [0.25, 0.3) is 0 Å². The van der Waals surface area contributed by atoms with E-state index in [1.807, 2.05) is 14.1 Å². The van der Waals surface area contributed by atoms with Crippen molar-refractivity contribution in [2.75, 3.05) is 20.6 Å². The SMILES string of the molecule is CCCCCCCCCCCCCCCC(=O)[N+](C)(C)CCC. The highest BCUT2D eigenvalue weighted by Gasteiger charge is 2.23. The first-order valence-electron chi connectivity index (χ1n) is 10.4. The molecule has 0 fully saturated rings. The van der Waals surface area contributed by atoms with Crippen LogP contribution in [0, 0.1) is 0 Å². The van der Waals surface area contributed by atoms with Crippen LogP contribution in [0.3, 0.4) is 0 Å². The van der Waals surface area contributed by atoms with Crippen LogP contribution in [-0.4, -0.2) is 31.0 Å². The minimum atomic E-state index is 0.412. The van der Waals surface area contributed by atoms with Gasteiger partial charge in [-0.25, -0.2) is 4.79 Å². The van der Waals surface area contributed by atoms with Gasteiger partial charge in [-0.15, -0.1) is 0 Å². The van der Waals surface area contributed by atoms with Crippen molar-refractivity contribution in [3.8, 4) is 0 Å². The van der Waals surface area contributed by atoms with Gasteiger partial charge in [-0.1, -0.05) is 90.9 Å². The molecule has 0 aromatic carbocycles. The lowest BCUT2D eigenvalue weighted by molar-refractivity contribution is -0.814. The van der Waals surface area contributed by atoms with Gasteiger partial charge in [-0.05, 0) is 12.8 Å². The lowest BCUT2D eigenvalue weighted by atomic mass is 10.0. The molecule has 0 atom stereocenters. The summed E-state index contributed by atoms with van der Waals surface area (Å²) in [5.41, 5.74) is 0. The van der Waals surface area contributed by atoms with Crippen LogP contribution in [0.4, 0.5) is 0 Å². The number of amides is 1. The molecule has 0 aliphatic rings. The molecule has 0 aliphatic heterocycles. The van der Waals surface area contributed by atoms with Gasteiger partial charge in [0.1, 0.15) is 0 Å². The molecule has 0 rings (SSSR count). The highest BCUT2D eigenvalue weighted by Crippen LogP contribution is 2.14. The Morgan fingerprint density at radius 2 is 1.00 bits per heavy atom. The number of rotatable bonds is 16. The van der Waals surface area contributed by atoms with Crippen LogP contribution >= 0.6 is 0 Å². The molecule has 23 heavy (non-hydrogen) atoms. The summed E-state index contributed by atoms with van der Waals surface area (Å²) in [5.74, 6) is 0.412. The fourth-order valence-corrected chi connectivity index (χ4v) is 3.28. The Kier molecular flexibility index (Phi) is 14.9. The molecule has 0 N–H and O–H groups in total. The Hall–Kier alpha value is -0.370.